The number of aliphatic carboxylic acids is 1. The molecule has 1 heterocycles. The molecule has 0 bridgehead atoms. The van der Waals surface area contributed by atoms with E-state index in [1.54, 1.807) is 6.92 Å². The van der Waals surface area contributed by atoms with Crippen molar-refractivity contribution in [2.45, 2.75) is 51.7 Å². The van der Waals surface area contributed by atoms with Crippen molar-refractivity contribution < 1.29 is 9.90 Å². The summed E-state index contributed by atoms with van der Waals surface area (Å²) in [5.74, 6) is -0.803. The van der Waals surface area contributed by atoms with Crippen molar-refractivity contribution in [2.24, 2.45) is 0 Å². The smallest absolute Gasteiger partial charge is 0.325 e. The van der Waals surface area contributed by atoms with E-state index in [4.69, 9.17) is 0 Å². The van der Waals surface area contributed by atoms with Crippen molar-refractivity contribution >= 4 is 11.7 Å². The van der Waals surface area contributed by atoms with E-state index in [0.717, 1.165) is 12.1 Å². The Bertz CT molecular complexity index is 501. The SMILES string of the molecule is CC(C)NC(C)(CN1c2ccccc2CC1C)C(=O)O. The highest BCUT2D eigenvalue weighted by Crippen LogP contribution is 2.32. The van der Waals surface area contributed by atoms with E-state index in [0.29, 0.717) is 12.6 Å². The van der Waals surface area contributed by atoms with Crippen LogP contribution in [0.2, 0.25) is 0 Å². The van der Waals surface area contributed by atoms with Crippen LogP contribution >= 0.6 is 0 Å². The maximum Gasteiger partial charge on any atom is 0.325 e. The largest absolute Gasteiger partial charge is 0.480 e. The highest BCUT2D eigenvalue weighted by Gasteiger charge is 2.39. The van der Waals surface area contributed by atoms with Gasteiger partial charge in [0.25, 0.3) is 0 Å². The summed E-state index contributed by atoms with van der Waals surface area (Å²) >= 11 is 0. The van der Waals surface area contributed by atoms with Crippen LogP contribution in [0.1, 0.15) is 33.3 Å². The van der Waals surface area contributed by atoms with Crippen LogP contribution in [0.15, 0.2) is 24.3 Å². The van der Waals surface area contributed by atoms with Crippen molar-refractivity contribution in [3.05, 3.63) is 29.8 Å². The van der Waals surface area contributed by atoms with E-state index in [9.17, 15) is 9.90 Å². The maximum atomic E-state index is 11.7. The van der Waals surface area contributed by atoms with Gasteiger partial charge >= 0.3 is 5.97 Å². The summed E-state index contributed by atoms with van der Waals surface area (Å²) in [6.07, 6.45) is 0.980. The van der Waals surface area contributed by atoms with Gasteiger partial charge in [-0.2, -0.15) is 0 Å². The number of carboxylic acid groups (broad SMARTS) is 1. The van der Waals surface area contributed by atoms with Gasteiger partial charge in [0.15, 0.2) is 0 Å². The van der Waals surface area contributed by atoms with E-state index in [1.165, 1.54) is 5.56 Å². The van der Waals surface area contributed by atoms with Crippen molar-refractivity contribution in [1.29, 1.82) is 0 Å². The van der Waals surface area contributed by atoms with Crippen molar-refractivity contribution in [3.63, 3.8) is 0 Å². The number of fused-ring (bicyclic) bond motifs is 1. The van der Waals surface area contributed by atoms with Gasteiger partial charge in [-0.1, -0.05) is 18.2 Å². The predicted octanol–water partition coefficient (Wildman–Crippen LogP) is 2.28. The van der Waals surface area contributed by atoms with E-state index in [2.05, 4.69) is 29.3 Å². The lowest BCUT2D eigenvalue weighted by Gasteiger charge is -2.36. The number of nitrogens with one attached hydrogen (secondary N) is 1. The van der Waals surface area contributed by atoms with E-state index in [-0.39, 0.29) is 6.04 Å². The molecule has 0 saturated heterocycles. The van der Waals surface area contributed by atoms with Gasteiger partial charge in [0.05, 0.1) is 0 Å². The standard InChI is InChI=1S/C16H24N2O2/c1-11(2)17-16(4,15(19)20)10-18-12(3)9-13-7-5-6-8-14(13)18/h5-8,11-12,17H,9-10H2,1-4H3,(H,19,20). The number of hydrogen-bond acceptors (Lipinski definition) is 3. The molecule has 110 valence electrons. The van der Waals surface area contributed by atoms with Gasteiger partial charge in [-0.05, 0) is 45.7 Å². The first kappa shape index (κ1) is 14.9. The molecule has 1 aromatic rings. The van der Waals surface area contributed by atoms with Crippen molar-refractivity contribution in [3.8, 4) is 0 Å². The van der Waals surface area contributed by atoms with Gasteiger partial charge in [0, 0.05) is 24.3 Å². The molecule has 0 saturated carbocycles. The van der Waals surface area contributed by atoms with Gasteiger partial charge in [-0.25, -0.2) is 0 Å². The fraction of sp³-hybridized carbons (Fsp3) is 0.562. The summed E-state index contributed by atoms with van der Waals surface area (Å²) in [4.78, 5) is 13.9. The molecule has 1 aliphatic rings. The number of rotatable bonds is 5. The molecular weight excluding hydrogens is 252 g/mol. The topological polar surface area (TPSA) is 52.6 Å². The molecule has 2 rings (SSSR count). The molecule has 0 aromatic heterocycles. The Kier molecular flexibility index (Phi) is 4.04. The molecule has 4 heteroatoms. The molecule has 0 fully saturated rings. The Balaban J connectivity index is 2.25. The maximum absolute atomic E-state index is 11.7. The number of hydrogen-bond donors (Lipinski definition) is 2. The Morgan fingerprint density at radius 2 is 2.15 bits per heavy atom. The summed E-state index contributed by atoms with van der Waals surface area (Å²) in [5.41, 5.74) is 1.52. The molecular formula is C16H24N2O2. The summed E-state index contributed by atoms with van der Waals surface area (Å²) in [5, 5.41) is 12.8. The number of carbonyl (C=O) groups is 1. The first-order chi connectivity index (χ1) is 9.33. The molecule has 0 radical (unpaired) electrons. The minimum Gasteiger partial charge on any atom is -0.480 e. The third kappa shape index (κ3) is 2.80. The zero-order valence-corrected chi connectivity index (χ0v) is 12.7. The Hall–Kier alpha value is -1.55. The Labute approximate surface area is 120 Å². The van der Waals surface area contributed by atoms with Crippen LogP contribution in [0.5, 0.6) is 0 Å². The molecule has 20 heavy (non-hydrogen) atoms. The van der Waals surface area contributed by atoms with Crippen LogP contribution < -0.4 is 10.2 Å². The lowest BCUT2D eigenvalue weighted by atomic mass is 10.00. The molecule has 2 atom stereocenters. The molecule has 1 aliphatic heterocycles. The van der Waals surface area contributed by atoms with Crippen molar-refractivity contribution in [2.75, 3.05) is 11.4 Å². The van der Waals surface area contributed by atoms with Gasteiger partial charge in [0.1, 0.15) is 5.54 Å². The Morgan fingerprint density at radius 1 is 1.50 bits per heavy atom. The second kappa shape index (κ2) is 5.44. The van der Waals surface area contributed by atoms with Crippen molar-refractivity contribution in [1.82, 2.24) is 5.32 Å². The summed E-state index contributed by atoms with van der Waals surface area (Å²) in [6.45, 7) is 8.34. The molecule has 0 aliphatic carbocycles. The Morgan fingerprint density at radius 3 is 2.75 bits per heavy atom. The lowest BCUT2D eigenvalue weighted by Crippen LogP contribution is -2.59. The lowest BCUT2D eigenvalue weighted by molar-refractivity contribution is -0.144. The number of para-hydroxylation sites is 1. The first-order valence-electron chi connectivity index (χ1n) is 7.19. The average Bonchev–Trinajstić information content (AvgIpc) is 2.65. The summed E-state index contributed by atoms with van der Waals surface area (Å²) in [6, 6.07) is 8.72. The summed E-state index contributed by atoms with van der Waals surface area (Å²) < 4.78 is 0. The molecule has 2 N–H and O–H groups in total. The molecule has 2 unspecified atom stereocenters. The third-order valence-corrected chi connectivity index (χ3v) is 3.91. The highest BCUT2D eigenvalue weighted by molar-refractivity contribution is 5.80. The van der Waals surface area contributed by atoms with Crippen LogP contribution in [-0.2, 0) is 11.2 Å². The third-order valence-electron chi connectivity index (χ3n) is 3.91. The van der Waals surface area contributed by atoms with Gasteiger partial charge in [-0.3, -0.25) is 10.1 Å². The number of anilines is 1. The molecule has 4 nitrogen and oxygen atoms in total. The summed E-state index contributed by atoms with van der Waals surface area (Å²) in [7, 11) is 0. The van der Waals surface area contributed by atoms with Crippen LogP contribution in [0.3, 0.4) is 0 Å². The van der Waals surface area contributed by atoms with Crippen LogP contribution in [0.4, 0.5) is 5.69 Å². The van der Waals surface area contributed by atoms with Crippen LogP contribution in [-0.4, -0.2) is 35.2 Å². The zero-order chi connectivity index (χ0) is 14.9. The highest BCUT2D eigenvalue weighted by atomic mass is 16.4. The zero-order valence-electron chi connectivity index (χ0n) is 12.7. The fourth-order valence-electron chi connectivity index (χ4n) is 3.02. The second-order valence-corrected chi connectivity index (χ2v) is 6.25. The second-order valence-electron chi connectivity index (χ2n) is 6.25. The normalized spacial score (nSPS) is 20.9. The number of nitrogens with zero attached hydrogens (tertiary/aromatic N) is 1. The number of benzene rings is 1. The van der Waals surface area contributed by atoms with Crippen LogP contribution in [0, 0.1) is 0 Å². The molecule has 0 spiro atoms. The van der Waals surface area contributed by atoms with E-state index >= 15 is 0 Å². The van der Waals surface area contributed by atoms with Gasteiger partial charge in [-0.15, -0.1) is 0 Å². The number of carboxylic acids is 1. The minimum atomic E-state index is -0.945. The van der Waals surface area contributed by atoms with E-state index in [1.807, 2.05) is 26.0 Å². The molecule has 1 aromatic carbocycles. The first-order valence-corrected chi connectivity index (χ1v) is 7.19. The van der Waals surface area contributed by atoms with E-state index < -0.39 is 11.5 Å². The van der Waals surface area contributed by atoms with Gasteiger partial charge < -0.3 is 10.0 Å². The fourth-order valence-corrected chi connectivity index (χ4v) is 3.02. The quantitative estimate of drug-likeness (QED) is 0.866. The van der Waals surface area contributed by atoms with Gasteiger partial charge in [0.2, 0.25) is 0 Å². The average molecular weight is 276 g/mol. The minimum absolute atomic E-state index is 0.129. The van der Waals surface area contributed by atoms with Crippen LogP contribution in [0.25, 0.3) is 0 Å². The predicted molar refractivity (Wildman–Crippen MR) is 81.3 cm³/mol. The monoisotopic (exact) mass is 276 g/mol. The molecule has 0 amide bonds.